The van der Waals surface area contributed by atoms with Crippen molar-refractivity contribution in [1.82, 2.24) is 0 Å². The van der Waals surface area contributed by atoms with Gasteiger partial charge in [0, 0.05) is 16.4 Å². The third-order valence-corrected chi connectivity index (χ3v) is 2.91. The lowest BCUT2D eigenvalue weighted by Gasteiger charge is -2.12. The minimum Gasteiger partial charge on any atom is -0.332 e. The van der Waals surface area contributed by atoms with Gasteiger partial charge in [-0.3, -0.25) is 0 Å². The predicted molar refractivity (Wildman–Crippen MR) is 82.5 cm³/mol. The van der Waals surface area contributed by atoms with Crippen molar-refractivity contribution in [2.24, 2.45) is 0 Å². The highest BCUT2D eigenvalue weighted by Gasteiger charge is 2.02. The van der Waals surface area contributed by atoms with Crippen LogP contribution in [0.25, 0.3) is 0 Å². The average Bonchev–Trinajstić information content (AvgIpc) is 2.34. The lowest BCUT2D eigenvalue weighted by molar-refractivity contribution is 1.45. The van der Waals surface area contributed by atoms with Gasteiger partial charge in [0.05, 0.1) is 0 Å². The second-order valence-electron chi connectivity index (χ2n) is 3.90. The summed E-state index contributed by atoms with van der Waals surface area (Å²) in [6, 6.07) is 15.4. The summed E-state index contributed by atoms with van der Waals surface area (Å²) in [5.41, 5.74) is 2.97. The number of aryl methyl sites for hydroxylation is 1. The Labute approximate surface area is 117 Å². The molecule has 0 atom stereocenters. The Kier molecular flexibility index (Phi) is 4.18. The van der Waals surface area contributed by atoms with Crippen molar-refractivity contribution in [1.29, 1.82) is 0 Å². The molecule has 0 saturated heterocycles. The normalized spacial score (nSPS) is 9.89. The average molecular weight is 277 g/mol. The van der Waals surface area contributed by atoms with Crippen molar-refractivity contribution >= 4 is 40.3 Å². The second kappa shape index (κ2) is 5.85. The fraction of sp³-hybridized carbons (Fsp3) is 0.0714. The van der Waals surface area contributed by atoms with Crippen LogP contribution < -0.4 is 10.6 Å². The lowest BCUT2D eigenvalue weighted by atomic mass is 10.2. The molecule has 0 spiro atoms. The molecule has 0 aromatic heterocycles. The summed E-state index contributed by atoms with van der Waals surface area (Å²) in [4.78, 5) is 0. The maximum atomic E-state index is 5.91. The summed E-state index contributed by atoms with van der Waals surface area (Å²) >= 11 is 11.2. The first-order valence-corrected chi connectivity index (χ1v) is 6.33. The van der Waals surface area contributed by atoms with Gasteiger partial charge >= 0.3 is 0 Å². The highest BCUT2D eigenvalue weighted by Crippen LogP contribution is 2.19. The van der Waals surface area contributed by atoms with Crippen molar-refractivity contribution < 1.29 is 0 Å². The topological polar surface area (TPSA) is 24.1 Å². The Balaban J connectivity index is 2.03. The van der Waals surface area contributed by atoms with Crippen LogP contribution in [-0.2, 0) is 0 Å². The van der Waals surface area contributed by atoms with Gasteiger partial charge in [-0.05, 0) is 55.0 Å². The van der Waals surface area contributed by atoms with Crippen molar-refractivity contribution in [3.8, 4) is 0 Å². The van der Waals surface area contributed by atoms with E-state index in [9.17, 15) is 0 Å². The molecule has 0 aliphatic carbocycles. The number of nitrogens with one attached hydrogen (secondary N) is 2. The third kappa shape index (κ3) is 3.45. The molecule has 0 saturated carbocycles. The molecule has 4 heteroatoms. The van der Waals surface area contributed by atoms with E-state index >= 15 is 0 Å². The van der Waals surface area contributed by atoms with Crippen LogP contribution in [0.5, 0.6) is 0 Å². The van der Waals surface area contributed by atoms with Crippen molar-refractivity contribution in [3.05, 3.63) is 59.1 Å². The first-order valence-electron chi connectivity index (χ1n) is 5.54. The van der Waals surface area contributed by atoms with Crippen LogP contribution in [0.1, 0.15) is 5.56 Å². The Morgan fingerprint density at radius 1 is 1.06 bits per heavy atom. The molecule has 0 heterocycles. The van der Waals surface area contributed by atoms with Gasteiger partial charge in [-0.25, -0.2) is 0 Å². The van der Waals surface area contributed by atoms with Crippen LogP contribution >= 0.6 is 23.8 Å². The molecule has 0 fully saturated rings. The number of rotatable bonds is 2. The Morgan fingerprint density at radius 3 is 2.44 bits per heavy atom. The molecule has 92 valence electrons. The fourth-order valence-electron chi connectivity index (χ4n) is 1.57. The molecule has 0 bridgehead atoms. The summed E-state index contributed by atoms with van der Waals surface area (Å²) < 4.78 is 0. The summed E-state index contributed by atoms with van der Waals surface area (Å²) in [7, 11) is 0. The van der Waals surface area contributed by atoms with Crippen LogP contribution in [0.15, 0.2) is 48.5 Å². The van der Waals surface area contributed by atoms with Gasteiger partial charge in [-0.2, -0.15) is 0 Å². The maximum Gasteiger partial charge on any atom is 0.175 e. The molecular formula is C14H13ClN2S. The number of thiocarbonyl (C=S) groups is 1. The van der Waals surface area contributed by atoms with E-state index in [4.69, 9.17) is 23.8 Å². The van der Waals surface area contributed by atoms with Crippen LogP contribution in [0.2, 0.25) is 5.02 Å². The van der Waals surface area contributed by atoms with Gasteiger partial charge in [-0.1, -0.05) is 29.8 Å². The minimum atomic E-state index is 0.562. The first-order chi connectivity index (χ1) is 8.65. The number of hydrogen-bond acceptors (Lipinski definition) is 1. The third-order valence-electron chi connectivity index (χ3n) is 2.47. The molecule has 2 nitrogen and oxygen atoms in total. The van der Waals surface area contributed by atoms with Crippen molar-refractivity contribution in [3.63, 3.8) is 0 Å². The zero-order valence-corrected chi connectivity index (χ0v) is 11.5. The number of benzene rings is 2. The predicted octanol–water partition coefficient (Wildman–Crippen LogP) is 4.46. The van der Waals surface area contributed by atoms with Gasteiger partial charge in [0.1, 0.15) is 0 Å². The highest BCUT2D eigenvalue weighted by atomic mass is 35.5. The van der Waals surface area contributed by atoms with E-state index < -0.39 is 0 Å². The van der Waals surface area contributed by atoms with E-state index in [1.165, 1.54) is 0 Å². The number of anilines is 2. The van der Waals surface area contributed by atoms with Gasteiger partial charge < -0.3 is 10.6 Å². The molecule has 0 aliphatic heterocycles. The Hall–Kier alpha value is -1.58. The van der Waals surface area contributed by atoms with E-state index in [-0.39, 0.29) is 0 Å². The summed E-state index contributed by atoms with van der Waals surface area (Å²) in [6.45, 7) is 1.99. The van der Waals surface area contributed by atoms with Crippen molar-refractivity contribution in [2.75, 3.05) is 10.6 Å². The van der Waals surface area contributed by atoms with Gasteiger partial charge in [0.25, 0.3) is 0 Å². The van der Waals surface area contributed by atoms with Crippen LogP contribution in [0.3, 0.4) is 0 Å². The molecule has 0 amide bonds. The molecule has 2 aromatic carbocycles. The summed E-state index contributed by atoms with van der Waals surface area (Å²) in [5, 5.41) is 7.55. The minimum absolute atomic E-state index is 0.562. The van der Waals surface area contributed by atoms with E-state index in [0.717, 1.165) is 22.0 Å². The number of halogens is 1. The lowest BCUT2D eigenvalue weighted by Crippen LogP contribution is -2.19. The maximum absolute atomic E-state index is 5.91. The molecule has 2 N–H and O–H groups in total. The molecule has 0 aliphatic rings. The summed E-state index contributed by atoms with van der Waals surface area (Å²) in [6.07, 6.45) is 0. The summed E-state index contributed by atoms with van der Waals surface area (Å²) in [5.74, 6) is 0. The van der Waals surface area contributed by atoms with E-state index in [2.05, 4.69) is 10.6 Å². The van der Waals surface area contributed by atoms with Gasteiger partial charge in [0.2, 0.25) is 0 Å². The van der Waals surface area contributed by atoms with Gasteiger partial charge in [0.15, 0.2) is 5.11 Å². The Morgan fingerprint density at radius 2 is 1.78 bits per heavy atom. The molecule has 18 heavy (non-hydrogen) atoms. The van der Waals surface area contributed by atoms with Crippen LogP contribution in [0, 0.1) is 6.92 Å². The van der Waals surface area contributed by atoms with Crippen LogP contribution in [-0.4, -0.2) is 5.11 Å². The van der Waals surface area contributed by atoms with Crippen molar-refractivity contribution in [2.45, 2.75) is 6.92 Å². The first kappa shape index (κ1) is 12.9. The standard InChI is InChI=1S/C14H13ClN2S/c1-10-9-11(15)7-8-13(10)17-14(18)16-12-5-3-2-4-6-12/h2-9H,1H3,(H2,16,17,18). The Bertz CT molecular complexity index is 555. The zero-order valence-electron chi connectivity index (χ0n) is 9.91. The van der Waals surface area contributed by atoms with E-state index in [1.54, 1.807) is 0 Å². The monoisotopic (exact) mass is 276 g/mol. The fourth-order valence-corrected chi connectivity index (χ4v) is 2.03. The molecule has 2 aromatic rings. The molecule has 0 unspecified atom stereocenters. The van der Waals surface area contributed by atoms with Crippen LogP contribution in [0.4, 0.5) is 11.4 Å². The zero-order chi connectivity index (χ0) is 13.0. The SMILES string of the molecule is Cc1cc(Cl)ccc1NC(=S)Nc1ccccc1. The molecular weight excluding hydrogens is 264 g/mol. The van der Waals surface area contributed by atoms with Gasteiger partial charge in [-0.15, -0.1) is 0 Å². The quantitative estimate of drug-likeness (QED) is 0.792. The molecule has 0 radical (unpaired) electrons. The largest absolute Gasteiger partial charge is 0.332 e. The number of para-hydroxylation sites is 1. The highest BCUT2D eigenvalue weighted by molar-refractivity contribution is 7.80. The van der Waals surface area contributed by atoms with E-state index in [1.807, 2.05) is 55.5 Å². The number of hydrogen-bond donors (Lipinski definition) is 2. The van der Waals surface area contributed by atoms with E-state index in [0.29, 0.717) is 5.11 Å². The molecule has 2 rings (SSSR count). The smallest absolute Gasteiger partial charge is 0.175 e. The second-order valence-corrected chi connectivity index (χ2v) is 4.75.